The zero-order chi connectivity index (χ0) is 27.4. The highest BCUT2D eigenvalue weighted by atomic mass is 32.2. The highest BCUT2D eigenvalue weighted by Crippen LogP contribution is 2.34. The molecule has 1 aromatic heterocycles. The molecule has 196 valence electrons. The molecule has 2 heterocycles. The van der Waals surface area contributed by atoms with Crippen molar-refractivity contribution < 1.29 is 19.2 Å². The number of nitrogens with zero attached hydrogens (tertiary/aromatic N) is 2. The Hall–Kier alpha value is -4.63. The number of carbonyl (C=O) groups is 4. The maximum Gasteiger partial charge on any atom is 0.294 e. The van der Waals surface area contributed by atoms with Crippen LogP contribution in [0, 0.1) is 0 Å². The summed E-state index contributed by atoms with van der Waals surface area (Å²) in [6.45, 7) is 1.65. The van der Waals surface area contributed by atoms with Crippen molar-refractivity contribution in [1.29, 1.82) is 0 Å². The molecule has 4 aromatic rings. The predicted molar refractivity (Wildman–Crippen MR) is 153 cm³/mol. The van der Waals surface area contributed by atoms with Crippen molar-refractivity contribution in [3.63, 3.8) is 0 Å². The number of aromatic nitrogens is 1. The molecule has 0 bridgehead atoms. The summed E-state index contributed by atoms with van der Waals surface area (Å²) in [4.78, 5) is 52.1. The van der Waals surface area contributed by atoms with Crippen molar-refractivity contribution in [3.8, 4) is 0 Å². The summed E-state index contributed by atoms with van der Waals surface area (Å²) in [6.07, 6.45) is 3.44. The fourth-order valence-corrected chi connectivity index (χ4v) is 5.26. The van der Waals surface area contributed by atoms with Gasteiger partial charge in [0.2, 0.25) is 11.8 Å². The number of thioether (sulfide) groups is 1. The van der Waals surface area contributed by atoms with Gasteiger partial charge in [-0.15, -0.1) is 0 Å². The van der Waals surface area contributed by atoms with Crippen LogP contribution in [0.15, 0.2) is 96.0 Å². The molecule has 1 aliphatic heterocycles. The van der Waals surface area contributed by atoms with Gasteiger partial charge in [0.25, 0.3) is 11.1 Å². The maximum atomic E-state index is 13.0. The van der Waals surface area contributed by atoms with Crippen LogP contribution in [0.5, 0.6) is 0 Å². The van der Waals surface area contributed by atoms with Crippen LogP contribution in [0.1, 0.15) is 24.1 Å². The van der Waals surface area contributed by atoms with Crippen LogP contribution in [0.3, 0.4) is 0 Å². The number of anilines is 1. The first kappa shape index (κ1) is 26.0. The van der Waals surface area contributed by atoms with Crippen LogP contribution < -0.4 is 10.6 Å². The van der Waals surface area contributed by atoms with Gasteiger partial charge in [0.05, 0.1) is 10.9 Å². The minimum absolute atomic E-state index is 0.0899. The average molecular weight is 539 g/mol. The summed E-state index contributed by atoms with van der Waals surface area (Å²) >= 11 is 0.793. The molecule has 4 amide bonds. The molecule has 0 aliphatic carbocycles. The highest BCUT2D eigenvalue weighted by molar-refractivity contribution is 8.18. The lowest BCUT2D eigenvalue weighted by molar-refractivity contribution is -0.127. The lowest BCUT2D eigenvalue weighted by Crippen LogP contribution is -2.36. The van der Waals surface area contributed by atoms with Crippen LogP contribution in [0.4, 0.5) is 10.5 Å². The zero-order valence-electron chi connectivity index (χ0n) is 21.2. The van der Waals surface area contributed by atoms with Gasteiger partial charge in [0.15, 0.2) is 0 Å². The van der Waals surface area contributed by atoms with E-state index in [0.29, 0.717) is 11.3 Å². The second-order valence-corrected chi connectivity index (χ2v) is 10.1. The minimum atomic E-state index is -0.528. The summed E-state index contributed by atoms with van der Waals surface area (Å²) in [5.41, 5.74) is 3.12. The third-order valence-corrected chi connectivity index (χ3v) is 7.24. The number of hydrogen-bond acceptors (Lipinski definition) is 5. The summed E-state index contributed by atoms with van der Waals surface area (Å²) in [6, 6.07) is 26.0. The third kappa shape index (κ3) is 5.94. The van der Waals surface area contributed by atoms with Gasteiger partial charge in [-0.05, 0) is 48.5 Å². The first-order valence-electron chi connectivity index (χ1n) is 12.4. The number of carbonyl (C=O) groups excluding carboxylic acids is 4. The van der Waals surface area contributed by atoms with E-state index in [0.717, 1.165) is 33.1 Å². The smallest absolute Gasteiger partial charge is 0.294 e. The van der Waals surface area contributed by atoms with Crippen molar-refractivity contribution in [3.05, 3.63) is 107 Å². The van der Waals surface area contributed by atoms with Gasteiger partial charge in [-0.25, -0.2) is 0 Å². The fraction of sp³-hybridized carbons (Fsp3) is 0.133. The molecule has 39 heavy (non-hydrogen) atoms. The molecular formula is C30H26N4O4S. The van der Waals surface area contributed by atoms with E-state index in [1.165, 1.54) is 0 Å². The van der Waals surface area contributed by atoms with Gasteiger partial charge >= 0.3 is 0 Å². The molecule has 3 aromatic carbocycles. The van der Waals surface area contributed by atoms with Gasteiger partial charge in [0.1, 0.15) is 13.1 Å². The summed E-state index contributed by atoms with van der Waals surface area (Å²) in [5.74, 6) is -1.14. The number of imide groups is 1. The van der Waals surface area contributed by atoms with E-state index in [-0.39, 0.29) is 29.9 Å². The predicted octanol–water partition coefficient (Wildman–Crippen LogP) is 5.19. The number of rotatable bonds is 8. The first-order chi connectivity index (χ1) is 18.9. The van der Waals surface area contributed by atoms with Crippen LogP contribution in [-0.2, 0) is 20.9 Å². The largest absolute Gasteiger partial charge is 0.348 e. The number of hydrogen-bond donors (Lipinski definition) is 2. The molecule has 0 radical (unpaired) electrons. The van der Waals surface area contributed by atoms with Crippen molar-refractivity contribution in [1.82, 2.24) is 14.8 Å². The Bertz CT molecular complexity index is 1580. The lowest BCUT2D eigenvalue weighted by Gasteiger charge is -2.15. The number of benzene rings is 3. The zero-order valence-corrected chi connectivity index (χ0v) is 22.0. The summed E-state index contributed by atoms with van der Waals surface area (Å²) < 4.78 is 1.83. The molecule has 9 heteroatoms. The van der Waals surface area contributed by atoms with Crippen molar-refractivity contribution >= 4 is 57.4 Å². The van der Waals surface area contributed by atoms with Crippen molar-refractivity contribution in [2.24, 2.45) is 0 Å². The van der Waals surface area contributed by atoms with E-state index in [9.17, 15) is 19.2 Å². The molecule has 5 rings (SSSR count). The van der Waals surface area contributed by atoms with E-state index < -0.39 is 17.1 Å². The average Bonchev–Trinajstić information content (AvgIpc) is 3.41. The molecule has 1 fully saturated rings. The van der Waals surface area contributed by atoms with Gasteiger partial charge < -0.3 is 15.2 Å². The maximum absolute atomic E-state index is 13.0. The standard InChI is InChI=1S/C30H26N4O4S/c1-20(21-10-4-2-5-11-21)31-27(35)18-33-17-22(24-14-8-9-15-25(24)33)16-26-29(37)34(30(38)39-26)19-28(36)32-23-12-6-3-7-13-23/h2-17,20H,18-19H2,1H3,(H,31,35)(H,32,36)/b26-16-. The Morgan fingerprint density at radius 3 is 2.28 bits per heavy atom. The minimum Gasteiger partial charge on any atom is -0.348 e. The van der Waals surface area contributed by atoms with Gasteiger partial charge in [0, 0.05) is 28.4 Å². The second-order valence-electron chi connectivity index (χ2n) is 9.11. The third-order valence-electron chi connectivity index (χ3n) is 6.33. The first-order valence-corrected chi connectivity index (χ1v) is 13.2. The van der Waals surface area contributed by atoms with Crippen molar-refractivity contribution in [2.75, 3.05) is 11.9 Å². The van der Waals surface area contributed by atoms with Crippen LogP contribution in [0.2, 0.25) is 0 Å². The Labute approximate surface area is 229 Å². The SMILES string of the molecule is CC(NC(=O)Cn1cc(/C=C2\SC(=O)N(CC(=O)Nc3ccccc3)C2=O)c2ccccc21)c1ccccc1. The fourth-order valence-electron chi connectivity index (χ4n) is 4.43. The Morgan fingerprint density at radius 2 is 1.54 bits per heavy atom. The van der Waals surface area contributed by atoms with Crippen LogP contribution >= 0.6 is 11.8 Å². The highest BCUT2D eigenvalue weighted by Gasteiger charge is 2.36. The topological polar surface area (TPSA) is 101 Å². The molecule has 0 saturated carbocycles. The molecule has 1 saturated heterocycles. The normalized spacial score (nSPS) is 15.1. The van der Waals surface area contributed by atoms with Gasteiger partial charge in [-0.3, -0.25) is 24.1 Å². The van der Waals surface area contributed by atoms with Crippen molar-refractivity contribution in [2.45, 2.75) is 19.5 Å². The van der Waals surface area contributed by atoms with E-state index >= 15 is 0 Å². The van der Waals surface area contributed by atoms with E-state index in [1.807, 2.05) is 72.2 Å². The van der Waals surface area contributed by atoms with E-state index in [4.69, 9.17) is 0 Å². The molecule has 1 unspecified atom stereocenters. The monoisotopic (exact) mass is 538 g/mol. The summed E-state index contributed by atoms with van der Waals surface area (Å²) in [5, 5.41) is 6.05. The number of amides is 4. The van der Waals surface area contributed by atoms with Gasteiger partial charge in [-0.1, -0.05) is 66.7 Å². The van der Waals surface area contributed by atoms with E-state index in [1.54, 1.807) is 36.5 Å². The number of para-hydroxylation sites is 2. The number of nitrogens with one attached hydrogen (secondary N) is 2. The molecule has 8 nitrogen and oxygen atoms in total. The quantitative estimate of drug-likeness (QED) is 0.301. The molecule has 1 aliphatic rings. The van der Waals surface area contributed by atoms with Crippen LogP contribution in [-0.4, -0.2) is 39.0 Å². The molecule has 2 N–H and O–H groups in total. The second kappa shape index (κ2) is 11.4. The Balaban J connectivity index is 1.32. The van der Waals surface area contributed by atoms with Gasteiger partial charge in [-0.2, -0.15) is 0 Å². The summed E-state index contributed by atoms with van der Waals surface area (Å²) in [7, 11) is 0. The van der Waals surface area contributed by atoms with Crippen LogP contribution in [0.25, 0.3) is 17.0 Å². The van der Waals surface area contributed by atoms with E-state index in [2.05, 4.69) is 10.6 Å². The lowest BCUT2D eigenvalue weighted by atomic mass is 10.1. The molecule has 0 spiro atoms. The molecular weight excluding hydrogens is 512 g/mol. The number of fused-ring (bicyclic) bond motifs is 1. The molecule has 1 atom stereocenters. The Morgan fingerprint density at radius 1 is 0.872 bits per heavy atom. The Kier molecular flexibility index (Phi) is 7.60.